The third-order valence-electron chi connectivity index (χ3n) is 4.81. The van der Waals surface area contributed by atoms with E-state index < -0.39 is 5.97 Å². The fourth-order valence-corrected chi connectivity index (χ4v) is 3.29. The Labute approximate surface area is 79.3 Å². The second kappa shape index (κ2) is 2.28. The molecule has 2 saturated carbocycles. The van der Waals surface area contributed by atoms with E-state index >= 15 is 0 Å². The summed E-state index contributed by atoms with van der Waals surface area (Å²) in [6.07, 6.45) is 3.09. The molecule has 0 aromatic rings. The van der Waals surface area contributed by atoms with Crippen LogP contribution in [-0.2, 0) is 4.79 Å². The normalized spacial score (nSPS) is 42.5. The molecule has 1 N–H and O–H groups in total. The lowest BCUT2D eigenvalue weighted by Crippen LogP contribution is -2.34. The van der Waals surface area contributed by atoms with E-state index in [1.165, 1.54) is 6.42 Å². The maximum atomic E-state index is 11.0. The van der Waals surface area contributed by atoms with E-state index in [4.69, 9.17) is 5.11 Å². The van der Waals surface area contributed by atoms with Gasteiger partial charge in [-0.3, -0.25) is 4.79 Å². The van der Waals surface area contributed by atoms with Gasteiger partial charge in [0.05, 0.1) is 5.92 Å². The summed E-state index contributed by atoms with van der Waals surface area (Å²) in [4.78, 5) is 11.0. The van der Waals surface area contributed by atoms with Crippen molar-refractivity contribution in [3.63, 3.8) is 0 Å². The topological polar surface area (TPSA) is 37.3 Å². The molecular formula is C11H17O2. The SMILES string of the molecule is CC12CCC(C[C]1C(=O)O)C2(C)C. The largest absolute Gasteiger partial charge is 0.481 e. The lowest BCUT2D eigenvalue weighted by Gasteiger charge is -2.36. The molecule has 2 nitrogen and oxygen atoms in total. The first-order valence-electron chi connectivity index (χ1n) is 4.99. The van der Waals surface area contributed by atoms with E-state index in [-0.39, 0.29) is 10.8 Å². The van der Waals surface area contributed by atoms with E-state index in [0.29, 0.717) is 5.92 Å². The van der Waals surface area contributed by atoms with Gasteiger partial charge in [-0.1, -0.05) is 20.8 Å². The summed E-state index contributed by atoms with van der Waals surface area (Å²) in [5, 5.41) is 9.10. The molecular weight excluding hydrogens is 164 g/mol. The van der Waals surface area contributed by atoms with Gasteiger partial charge >= 0.3 is 5.97 Å². The van der Waals surface area contributed by atoms with Crippen LogP contribution in [0, 0.1) is 22.7 Å². The van der Waals surface area contributed by atoms with Crippen molar-refractivity contribution < 1.29 is 9.90 Å². The average Bonchev–Trinajstić information content (AvgIpc) is 2.34. The fourth-order valence-electron chi connectivity index (χ4n) is 3.29. The second-order valence-electron chi connectivity index (χ2n) is 5.28. The molecule has 2 atom stereocenters. The van der Waals surface area contributed by atoms with Gasteiger partial charge < -0.3 is 5.11 Å². The molecule has 73 valence electrons. The van der Waals surface area contributed by atoms with Gasteiger partial charge in [-0.2, -0.15) is 0 Å². The maximum Gasteiger partial charge on any atom is 0.311 e. The Kier molecular flexibility index (Phi) is 1.59. The van der Waals surface area contributed by atoms with Crippen LogP contribution in [0.5, 0.6) is 0 Å². The van der Waals surface area contributed by atoms with Gasteiger partial charge in [0.1, 0.15) is 0 Å². The molecule has 2 heteroatoms. The Bertz CT molecular complexity index is 257. The molecule has 0 spiro atoms. The highest BCUT2D eigenvalue weighted by molar-refractivity contribution is 5.85. The van der Waals surface area contributed by atoms with Gasteiger partial charge in [0.2, 0.25) is 0 Å². The van der Waals surface area contributed by atoms with Gasteiger partial charge in [-0.05, 0) is 36.0 Å². The predicted molar refractivity (Wildman–Crippen MR) is 50.1 cm³/mol. The highest BCUT2D eigenvalue weighted by Gasteiger charge is 2.63. The standard InChI is InChI=1S/C11H17O2/c1-10(2)7-4-5-11(10,3)8(6-7)9(12)13/h7H,4-6H2,1-3H3,(H,12,13). The summed E-state index contributed by atoms with van der Waals surface area (Å²) in [5.74, 6) is 0.704. The number of carbonyl (C=O) groups is 1. The summed E-state index contributed by atoms with van der Waals surface area (Å²) in [7, 11) is 0. The molecule has 2 bridgehead atoms. The van der Waals surface area contributed by atoms with Crippen LogP contribution in [0.4, 0.5) is 0 Å². The lowest BCUT2D eigenvalue weighted by atomic mass is 9.67. The molecule has 2 fully saturated rings. The Balaban J connectivity index is 2.38. The quantitative estimate of drug-likeness (QED) is 0.674. The zero-order valence-corrected chi connectivity index (χ0v) is 8.55. The molecule has 13 heavy (non-hydrogen) atoms. The van der Waals surface area contributed by atoms with Crippen LogP contribution in [0.2, 0.25) is 0 Å². The summed E-state index contributed by atoms with van der Waals surface area (Å²) < 4.78 is 0. The Morgan fingerprint density at radius 3 is 2.31 bits per heavy atom. The number of carboxylic acid groups (broad SMARTS) is 1. The molecule has 0 saturated heterocycles. The highest BCUT2D eigenvalue weighted by atomic mass is 16.4. The minimum atomic E-state index is -0.669. The van der Waals surface area contributed by atoms with Gasteiger partial charge in [-0.25, -0.2) is 0 Å². The van der Waals surface area contributed by atoms with Gasteiger partial charge in [0.15, 0.2) is 0 Å². The van der Waals surface area contributed by atoms with E-state index in [0.717, 1.165) is 18.8 Å². The smallest absolute Gasteiger partial charge is 0.311 e. The number of fused-ring (bicyclic) bond motifs is 2. The van der Waals surface area contributed by atoms with Crippen molar-refractivity contribution in [2.24, 2.45) is 16.7 Å². The van der Waals surface area contributed by atoms with E-state index in [2.05, 4.69) is 20.8 Å². The van der Waals surface area contributed by atoms with Crippen molar-refractivity contribution in [2.45, 2.75) is 40.0 Å². The van der Waals surface area contributed by atoms with Crippen molar-refractivity contribution in [1.29, 1.82) is 0 Å². The number of hydrogen-bond acceptors (Lipinski definition) is 1. The summed E-state index contributed by atoms with van der Waals surface area (Å²) in [6.45, 7) is 6.57. The van der Waals surface area contributed by atoms with E-state index in [1.807, 2.05) is 0 Å². The van der Waals surface area contributed by atoms with E-state index in [1.54, 1.807) is 0 Å². The Hall–Kier alpha value is -0.530. The summed E-state index contributed by atoms with van der Waals surface area (Å²) >= 11 is 0. The van der Waals surface area contributed by atoms with Crippen molar-refractivity contribution >= 4 is 5.97 Å². The molecule has 1 radical (unpaired) electrons. The third-order valence-corrected chi connectivity index (χ3v) is 4.81. The highest BCUT2D eigenvalue weighted by Crippen LogP contribution is 2.68. The zero-order chi connectivity index (χ0) is 9.85. The van der Waals surface area contributed by atoms with Crippen molar-refractivity contribution in [2.75, 3.05) is 0 Å². The Morgan fingerprint density at radius 1 is 1.46 bits per heavy atom. The monoisotopic (exact) mass is 181 g/mol. The molecule has 0 aromatic heterocycles. The molecule has 0 heterocycles. The predicted octanol–water partition coefficient (Wildman–Crippen LogP) is 2.49. The minimum Gasteiger partial charge on any atom is -0.481 e. The number of hydrogen-bond donors (Lipinski definition) is 1. The van der Waals surface area contributed by atoms with Gasteiger partial charge in [0.25, 0.3) is 0 Å². The summed E-state index contributed by atoms with van der Waals surface area (Å²) in [6, 6.07) is 0. The molecule has 2 rings (SSSR count). The van der Waals surface area contributed by atoms with Crippen LogP contribution < -0.4 is 0 Å². The molecule has 2 unspecified atom stereocenters. The lowest BCUT2D eigenvalue weighted by molar-refractivity contribution is -0.137. The van der Waals surface area contributed by atoms with Crippen LogP contribution >= 0.6 is 0 Å². The van der Waals surface area contributed by atoms with Gasteiger partial charge in [0, 0.05) is 0 Å². The number of aliphatic carboxylic acids is 1. The maximum absolute atomic E-state index is 11.0. The van der Waals surface area contributed by atoms with Crippen LogP contribution in [-0.4, -0.2) is 11.1 Å². The minimum absolute atomic E-state index is 0.0382. The van der Waals surface area contributed by atoms with E-state index in [9.17, 15) is 4.79 Å². The molecule has 2 aliphatic carbocycles. The first kappa shape index (κ1) is 9.04. The summed E-state index contributed by atoms with van der Waals surface area (Å²) in [5.41, 5.74) is 0.157. The first-order valence-corrected chi connectivity index (χ1v) is 4.99. The average molecular weight is 181 g/mol. The molecule has 2 aliphatic rings. The van der Waals surface area contributed by atoms with Crippen molar-refractivity contribution in [1.82, 2.24) is 0 Å². The number of carboxylic acids is 1. The molecule has 0 aromatic carbocycles. The third kappa shape index (κ3) is 0.866. The van der Waals surface area contributed by atoms with Crippen LogP contribution in [0.25, 0.3) is 0 Å². The second-order valence-corrected chi connectivity index (χ2v) is 5.28. The van der Waals surface area contributed by atoms with Crippen LogP contribution in [0.15, 0.2) is 0 Å². The van der Waals surface area contributed by atoms with Gasteiger partial charge in [-0.15, -0.1) is 0 Å². The molecule has 0 amide bonds. The van der Waals surface area contributed by atoms with Crippen molar-refractivity contribution in [3.05, 3.63) is 5.92 Å². The van der Waals surface area contributed by atoms with Crippen LogP contribution in [0.3, 0.4) is 0 Å². The first-order chi connectivity index (χ1) is 5.89. The van der Waals surface area contributed by atoms with Crippen molar-refractivity contribution in [3.8, 4) is 0 Å². The number of rotatable bonds is 1. The fraction of sp³-hybridized carbons (Fsp3) is 0.818. The Morgan fingerprint density at radius 2 is 2.08 bits per heavy atom. The van der Waals surface area contributed by atoms with Crippen LogP contribution in [0.1, 0.15) is 40.0 Å². The molecule has 0 aliphatic heterocycles. The zero-order valence-electron chi connectivity index (χ0n) is 8.55.